The van der Waals surface area contributed by atoms with Crippen molar-refractivity contribution in [2.24, 2.45) is 0 Å². The number of nitrogens with one attached hydrogen (secondary N) is 1. The van der Waals surface area contributed by atoms with Crippen LogP contribution in [0.4, 0.5) is 0 Å². The predicted molar refractivity (Wildman–Crippen MR) is 112 cm³/mol. The van der Waals surface area contributed by atoms with Crippen molar-refractivity contribution in [1.29, 1.82) is 0 Å². The molecular weight excluding hydrogens is 370 g/mol. The number of aryl methyl sites for hydroxylation is 1. The molecule has 5 heterocycles. The van der Waals surface area contributed by atoms with Crippen LogP contribution in [0.3, 0.4) is 0 Å². The van der Waals surface area contributed by atoms with Crippen molar-refractivity contribution in [2.45, 2.75) is 33.0 Å². The molecule has 1 atom stereocenters. The van der Waals surface area contributed by atoms with E-state index in [1.54, 1.807) is 17.5 Å². The molecule has 28 heavy (non-hydrogen) atoms. The topological polar surface area (TPSA) is 63.1 Å². The van der Waals surface area contributed by atoms with E-state index in [0.717, 1.165) is 25.1 Å². The van der Waals surface area contributed by atoms with Crippen LogP contribution in [0.2, 0.25) is 0 Å². The average molecular weight is 392 g/mol. The highest BCUT2D eigenvalue weighted by Crippen LogP contribution is 2.31. The molecular formula is C21H21N5OS. The summed E-state index contributed by atoms with van der Waals surface area (Å²) in [5.74, 6) is 0.649. The summed E-state index contributed by atoms with van der Waals surface area (Å²) in [5, 5.41) is 2.12. The van der Waals surface area contributed by atoms with Crippen LogP contribution in [-0.4, -0.2) is 32.3 Å². The first-order chi connectivity index (χ1) is 13.6. The van der Waals surface area contributed by atoms with Gasteiger partial charge in [-0.25, -0.2) is 9.66 Å². The quantitative estimate of drug-likeness (QED) is 0.728. The molecule has 1 unspecified atom stereocenters. The lowest BCUT2D eigenvalue weighted by Gasteiger charge is -2.38. The smallest absolute Gasteiger partial charge is 0.272 e. The fraction of sp³-hybridized carbons (Fsp3) is 0.286. The molecule has 142 valence electrons. The van der Waals surface area contributed by atoms with Crippen molar-refractivity contribution < 1.29 is 0 Å². The zero-order valence-electron chi connectivity index (χ0n) is 15.8. The van der Waals surface area contributed by atoms with E-state index in [4.69, 9.17) is 4.98 Å². The minimum atomic E-state index is -0.0896. The number of aromatic nitrogens is 3. The Hall–Kier alpha value is -2.77. The van der Waals surface area contributed by atoms with Gasteiger partial charge in [0, 0.05) is 54.1 Å². The maximum Gasteiger partial charge on any atom is 0.272 e. The Morgan fingerprint density at radius 2 is 2.14 bits per heavy atom. The van der Waals surface area contributed by atoms with Gasteiger partial charge in [0.1, 0.15) is 6.17 Å². The number of pyridine rings is 1. The molecule has 2 aliphatic rings. The summed E-state index contributed by atoms with van der Waals surface area (Å²) in [6.07, 6.45) is 6.41. The van der Waals surface area contributed by atoms with Gasteiger partial charge in [-0.1, -0.05) is 0 Å². The molecule has 3 aromatic heterocycles. The van der Waals surface area contributed by atoms with E-state index in [-0.39, 0.29) is 11.7 Å². The number of rotatable bonds is 2. The highest BCUT2D eigenvalue weighted by molar-refractivity contribution is 7.13. The summed E-state index contributed by atoms with van der Waals surface area (Å²) in [6.45, 7) is 5.92. The van der Waals surface area contributed by atoms with E-state index in [1.807, 2.05) is 12.3 Å². The highest BCUT2D eigenvalue weighted by Gasteiger charge is 2.28. The van der Waals surface area contributed by atoms with E-state index in [9.17, 15) is 4.79 Å². The van der Waals surface area contributed by atoms with Gasteiger partial charge in [-0.2, -0.15) is 0 Å². The van der Waals surface area contributed by atoms with Crippen molar-refractivity contribution >= 4 is 17.4 Å². The summed E-state index contributed by atoms with van der Waals surface area (Å²) in [7, 11) is 0. The van der Waals surface area contributed by atoms with Crippen LogP contribution in [0.15, 0.2) is 46.3 Å². The van der Waals surface area contributed by atoms with Crippen molar-refractivity contribution in [3.63, 3.8) is 0 Å². The second kappa shape index (κ2) is 6.68. The van der Waals surface area contributed by atoms with Crippen LogP contribution in [0.1, 0.15) is 29.6 Å². The molecule has 0 bridgehead atoms. The minimum Gasteiger partial charge on any atom is -0.300 e. The molecule has 5 rings (SSSR count). The maximum atomic E-state index is 12.2. The summed E-state index contributed by atoms with van der Waals surface area (Å²) in [5.41, 5.74) is 9.31. The Labute approximate surface area is 167 Å². The summed E-state index contributed by atoms with van der Waals surface area (Å²) in [4.78, 5) is 24.9. The van der Waals surface area contributed by atoms with E-state index in [0.29, 0.717) is 5.82 Å². The first-order valence-electron chi connectivity index (χ1n) is 9.39. The molecule has 0 saturated carbocycles. The lowest BCUT2D eigenvalue weighted by Crippen LogP contribution is -2.51. The third kappa shape index (κ3) is 2.87. The van der Waals surface area contributed by atoms with Gasteiger partial charge in [0.15, 0.2) is 5.82 Å². The Morgan fingerprint density at radius 1 is 1.25 bits per heavy atom. The molecule has 6 nitrogen and oxygen atoms in total. The molecule has 1 N–H and O–H groups in total. The predicted octanol–water partition coefficient (Wildman–Crippen LogP) is 3.02. The zero-order chi connectivity index (χ0) is 19.3. The van der Waals surface area contributed by atoms with Gasteiger partial charge in [0.2, 0.25) is 0 Å². The van der Waals surface area contributed by atoms with Crippen LogP contribution in [0.25, 0.3) is 16.5 Å². The second-order valence-corrected chi connectivity index (χ2v) is 8.30. The van der Waals surface area contributed by atoms with E-state index in [2.05, 4.69) is 46.7 Å². The molecule has 3 aromatic rings. The van der Waals surface area contributed by atoms with Gasteiger partial charge in [0.25, 0.3) is 5.56 Å². The third-order valence-electron chi connectivity index (χ3n) is 5.47. The Morgan fingerprint density at radius 3 is 2.96 bits per heavy atom. The Bertz CT molecular complexity index is 1150. The lowest BCUT2D eigenvalue weighted by molar-refractivity contribution is 0.205. The summed E-state index contributed by atoms with van der Waals surface area (Å²) < 4.78 is 1.54. The van der Waals surface area contributed by atoms with Gasteiger partial charge in [-0.15, -0.1) is 11.3 Å². The first-order valence-corrected chi connectivity index (χ1v) is 10.3. The molecule has 7 heteroatoms. The van der Waals surface area contributed by atoms with Crippen LogP contribution < -0.4 is 11.0 Å². The molecule has 0 aliphatic carbocycles. The maximum absolute atomic E-state index is 12.2. The molecule has 0 aromatic carbocycles. The largest absolute Gasteiger partial charge is 0.300 e. The lowest BCUT2D eigenvalue weighted by atomic mass is 10.0. The van der Waals surface area contributed by atoms with Crippen LogP contribution in [0, 0.1) is 6.92 Å². The number of hydrogen-bond donors (Lipinski definition) is 1. The highest BCUT2D eigenvalue weighted by atomic mass is 32.1. The number of fused-ring (bicyclic) bond motifs is 2. The van der Waals surface area contributed by atoms with Crippen molar-refractivity contribution in [1.82, 2.24) is 19.5 Å². The van der Waals surface area contributed by atoms with Gasteiger partial charge >= 0.3 is 0 Å². The SMILES string of the molecule is CC1=Cc2nccc(=O)n2NC1N1CCc2ncc(-c3sccc3C)cc2C1. The monoisotopic (exact) mass is 391 g/mol. The Kier molecular flexibility index (Phi) is 4.14. The first kappa shape index (κ1) is 17.3. The minimum absolute atomic E-state index is 0.0327. The fourth-order valence-electron chi connectivity index (χ4n) is 3.99. The van der Waals surface area contributed by atoms with Crippen molar-refractivity contribution in [2.75, 3.05) is 12.0 Å². The van der Waals surface area contributed by atoms with Crippen LogP contribution >= 0.6 is 11.3 Å². The average Bonchev–Trinajstić information content (AvgIpc) is 3.13. The zero-order valence-corrected chi connectivity index (χ0v) is 16.7. The molecule has 0 radical (unpaired) electrons. The van der Waals surface area contributed by atoms with Crippen molar-refractivity contribution in [3.05, 3.63) is 74.5 Å². The van der Waals surface area contributed by atoms with Crippen molar-refractivity contribution in [3.8, 4) is 10.4 Å². The molecule has 0 spiro atoms. The summed E-state index contributed by atoms with van der Waals surface area (Å²) in [6, 6.07) is 5.90. The van der Waals surface area contributed by atoms with Gasteiger partial charge < -0.3 is 0 Å². The Balaban J connectivity index is 1.45. The van der Waals surface area contributed by atoms with E-state index < -0.39 is 0 Å². The number of thiophene rings is 1. The van der Waals surface area contributed by atoms with Gasteiger partial charge in [-0.3, -0.25) is 20.1 Å². The third-order valence-corrected chi connectivity index (χ3v) is 6.54. The molecule has 0 amide bonds. The second-order valence-electron chi connectivity index (χ2n) is 7.38. The normalized spacial score (nSPS) is 18.8. The van der Waals surface area contributed by atoms with Gasteiger partial charge in [-0.05, 0) is 54.1 Å². The number of nitrogens with zero attached hydrogens (tertiary/aromatic N) is 4. The number of hydrogen-bond acceptors (Lipinski definition) is 6. The molecule has 0 fully saturated rings. The fourth-order valence-corrected chi connectivity index (χ4v) is 4.90. The van der Waals surface area contributed by atoms with Crippen LogP contribution in [-0.2, 0) is 13.0 Å². The standard InChI is InChI=1S/C21H21N5OS/c1-13-5-8-28-20(13)15-10-16-12-25(7-4-17(16)23-11-15)21-14(2)9-18-22-6-3-19(27)26(18)24-21/h3,5-6,8-11,21,24H,4,7,12H2,1-2H3. The van der Waals surface area contributed by atoms with E-state index >= 15 is 0 Å². The van der Waals surface area contributed by atoms with E-state index in [1.165, 1.54) is 38.0 Å². The molecule has 0 saturated heterocycles. The van der Waals surface area contributed by atoms with Crippen LogP contribution in [0.5, 0.6) is 0 Å². The molecule has 2 aliphatic heterocycles. The van der Waals surface area contributed by atoms with Gasteiger partial charge in [0.05, 0.1) is 0 Å². The summed E-state index contributed by atoms with van der Waals surface area (Å²) >= 11 is 1.76.